The van der Waals surface area contributed by atoms with E-state index in [0.717, 1.165) is 0 Å². The fourth-order valence-electron chi connectivity index (χ4n) is 5.06. The summed E-state index contributed by atoms with van der Waals surface area (Å²) in [4.78, 5) is 0. The maximum atomic E-state index is 2.56. The van der Waals surface area contributed by atoms with E-state index in [1.807, 2.05) is 0 Å². The van der Waals surface area contributed by atoms with E-state index < -0.39 is 16.1 Å². The molecule has 2 aromatic carbocycles. The summed E-state index contributed by atoms with van der Waals surface area (Å²) in [5.74, 6) is 0. The Morgan fingerprint density at radius 2 is 1.14 bits per heavy atom. The van der Waals surface area contributed by atoms with Gasteiger partial charge in [-0.1, -0.05) is 149 Å². The van der Waals surface area contributed by atoms with Gasteiger partial charge in [0.2, 0.25) is 0 Å². The Bertz CT molecular complexity index is 736. The third-order valence-corrected chi connectivity index (χ3v) is 18.8. The van der Waals surface area contributed by atoms with Crippen LogP contribution in [0.15, 0.2) is 54.6 Å². The third kappa shape index (κ3) is 4.44. The number of benzene rings is 2. The first-order valence-corrected chi connectivity index (χ1v) is 16.7. The molecule has 0 bridgehead atoms. The van der Waals surface area contributed by atoms with Crippen molar-refractivity contribution in [3.05, 3.63) is 65.7 Å². The summed E-state index contributed by atoms with van der Waals surface area (Å²) in [5, 5.41) is 3.42. The average molecular weight is 409 g/mol. The second-order valence-corrected chi connectivity index (χ2v) is 18.6. The molecule has 0 unspecified atom stereocenters. The van der Waals surface area contributed by atoms with E-state index in [2.05, 4.69) is 102 Å². The highest BCUT2D eigenvalue weighted by molar-refractivity contribution is 6.99. The lowest BCUT2D eigenvalue weighted by Crippen LogP contribution is -2.49. The Labute approximate surface area is 176 Å². The van der Waals surface area contributed by atoms with Crippen molar-refractivity contribution in [2.75, 3.05) is 0 Å². The number of hydrogen-bond acceptors (Lipinski definition) is 0. The zero-order valence-electron chi connectivity index (χ0n) is 19.0. The van der Waals surface area contributed by atoms with Crippen molar-refractivity contribution in [2.45, 2.75) is 77.8 Å². The van der Waals surface area contributed by atoms with Gasteiger partial charge in [-0.25, -0.2) is 0 Å². The Morgan fingerprint density at radius 3 is 1.64 bits per heavy atom. The van der Waals surface area contributed by atoms with Crippen LogP contribution >= 0.6 is 0 Å². The highest BCUT2D eigenvalue weighted by Gasteiger charge is 2.37. The molecule has 0 amide bonds. The maximum Gasteiger partial charge on any atom is 0.0867 e. The molecule has 0 saturated carbocycles. The van der Waals surface area contributed by atoms with E-state index in [-0.39, 0.29) is 0 Å². The summed E-state index contributed by atoms with van der Waals surface area (Å²) in [7, 11) is -2.99. The van der Waals surface area contributed by atoms with E-state index in [1.165, 1.54) is 41.8 Å². The molecule has 0 nitrogen and oxygen atoms in total. The van der Waals surface area contributed by atoms with Gasteiger partial charge in [0.1, 0.15) is 0 Å². The van der Waals surface area contributed by atoms with Crippen LogP contribution in [0.2, 0.25) is 36.3 Å². The molecular formula is C26H40Si2. The molecule has 0 saturated heterocycles. The predicted octanol–water partition coefficient (Wildman–Crippen LogP) is 7.99. The summed E-state index contributed by atoms with van der Waals surface area (Å²) in [6, 6.07) is 28.5. The fourth-order valence-corrected chi connectivity index (χ4v) is 13.0. The lowest BCUT2D eigenvalue weighted by molar-refractivity contribution is 1.19. The SMILES string of the molecule is CC[Si](CC)(CC)/C(=C\c1ccccc1)c1ccccc1[Si](CC)(CC)CC. The van der Waals surface area contributed by atoms with E-state index in [4.69, 9.17) is 0 Å². The zero-order valence-corrected chi connectivity index (χ0v) is 21.0. The Kier molecular flexibility index (Phi) is 8.51. The quantitative estimate of drug-likeness (QED) is 0.276. The first-order valence-electron chi connectivity index (χ1n) is 11.4. The van der Waals surface area contributed by atoms with Gasteiger partial charge in [0, 0.05) is 0 Å². The second-order valence-electron chi connectivity index (χ2n) is 8.20. The van der Waals surface area contributed by atoms with Gasteiger partial charge < -0.3 is 0 Å². The minimum absolute atomic E-state index is 1.33. The van der Waals surface area contributed by atoms with Gasteiger partial charge in [0.25, 0.3) is 0 Å². The van der Waals surface area contributed by atoms with E-state index in [1.54, 1.807) is 15.9 Å². The molecule has 0 radical (unpaired) electrons. The molecule has 0 aromatic heterocycles. The van der Waals surface area contributed by atoms with Crippen molar-refractivity contribution in [3.8, 4) is 0 Å². The fraction of sp³-hybridized carbons (Fsp3) is 0.462. The third-order valence-electron chi connectivity index (χ3n) is 7.53. The van der Waals surface area contributed by atoms with Crippen LogP contribution in [0, 0.1) is 0 Å². The van der Waals surface area contributed by atoms with Gasteiger partial charge in [0.05, 0.1) is 16.1 Å². The summed E-state index contributed by atoms with van der Waals surface area (Å²) < 4.78 is 0. The van der Waals surface area contributed by atoms with Crippen LogP contribution in [0.4, 0.5) is 0 Å². The van der Waals surface area contributed by atoms with Crippen LogP contribution in [0.5, 0.6) is 0 Å². The van der Waals surface area contributed by atoms with Crippen LogP contribution in [0.1, 0.15) is 52.7 Å². The average Bonchev–Trinajstić information content (AvgIpc) is 2.77. The lowest BCUT2D eigenvalue weighted by Gasteiger charge is -2.37. The van der Waals surface area contributed by atoms with Gasteiger partial charge in [-0.05, 0) is 11.1 Å². The topological polar surface area (TPSA) is 0 Å². The van der Waals surface area contributed by atoms with Gasteiger partial charge in [-0.2, -0.15) is 0 Å². The zero-order chi connectivity index (χ0) is 20.6. The Balaban J connectivity index is 2.81. The molecule has 0 N–H and O–H groups in total. The predicted molar refractivity (Wildman–Crippen MR) is 135 cm³/mol. The van der Waals surface area contributed by atoms with Crippen LogP contribution in [-0.4, -0.2) is 16.1 Å². The molecule has 0 aliphatic rings. The first kappa shape index (κ1) is 22.9. The summed E-state index contributed by atoms with van der Waals surface area (Å²) in [5.41, 5.74) is 2.96. The Morgan fingerprint density at radius 1 is 0.643 bits per heavy atom. The van der Waals surface area contributed by atoms with Crippen LogP contribution in [-0.2, 0) is 0 Å². The van der Waals surface area contributed by atoms with Gasteiger partial charge in [-0.15, -0.1) is 0 Å². The number of hydrogen-bond donors (Lipinski definition) is 0. The van der Waals surface area contributed by atoms with Gasteiger partial charge in [-0.3, -0.25) is 0 Å². The smallest absolute Gasteiger partial charge is 0.0675 e. The van der Waals surface area contributed by atoms with Crippen molar-refractivity contribution in [2.24, 2.45) is 0 Å². The second kappa shape index (κ2) is 10.4. The summed E-state index contributed by atoms with van der Waals surface area (Å²) in [6.45, 7) is 14.6. The van der Waals surface area contributed by atoms with E-state index in [0.29, 0.717) is 0 Å². The van der Waals surface area contributed by atoms with E-state index in [9.17, 15) is 0 Å². The maximum absolute atomic E-state index is 2.56. The molecule has 2 rings (SSSR count). The summed E-state index contributed by atoms with van der Waals surface area (Å²) >= 11 is 0. The van der Waals surface area contributed by atoms with Crippen LogP contribution < -0.4 is 5.19 Å². The molecule has 2 aromatic rings. The molecule has 0 heterocycles. The van der Waals surface area contributed by atoms with Crippen molar-refractivity contribution in [1.29, 1.82) is 0 Å². The highest BCUT2D eigenvalue weighted by Crippen LogP contribution is 2.38. The van der Waals surface area contributed by atoms with Crippen molar-refractivity contribution in [1.82, 2.24) is 0 Å². The molecular weight excluding hydrogens is 368 g/mol. The molecule has 0 fully saturated rings. The van der Waals surface area contributed by atoms with Crippen molar-refractivity contribution < 1.29 is 0 Å². The van der Waals surface area contributed by atoms with Crippen molar-refractivity contribution >= 4 is 32.6 Å². The Hall–Kier alpha value is -1.39. The monoisotopic (exact) mass is 408 g/mol. The molecule has 0 aliphatic heterocycles. The molecule has 28 heavy (non-hydrogen) atoms. The van der Waals surface area contributed by atoms with Crippen LogP contribution in [0.3, 0.4) is 0 Å². The van der Waals surface area contributed by atoms with E-state index >= 15 is 0 Å². The normalized spacial score (nSPS) is 13.0. The molecule has 0 spiro atoms. The molecule has 2 heteroatoms. The van der Waals surface area contributed by atoms with Crippen LogP contribution in [0.25, 0.3) is 11.3 Å². The van der Waals surface area contributed by atoms with Gasteiger partial charge >= 0.3 is 0 Å². The van der Waals surface area contributed by atoms with Gasteiger partial charge in [0.15, 0.2) is 0 Å². The highest BCUT2D eigenvalue weighted by atomic mass is 28.3. The minimum atomic E-state index is -1.54. The number of rotatable bonds is 10. The molecule has 0 atom stereocenters. The lowest BCUT2D eigenvalue weighted by atomic mass is 10.1. The minimum Gasteiger partial charge on any atom is -0.0675 e. The molecule has 152 valence electrons. The standard InChI is InChI=1S/C26H40Si2/c1-7-27(8-2,9-3)25-21-17-16-20-24(25)26(28(10-4,11-5)12-6)22-23-18-14-13-15-19-23/h13-22H,7-12H2,1-6H3/b26-22-. The summed E-state index contributed by atoms with van der Waals surface area (Å²) in [6.07, 6.45) is 2.56. The first-order chi connectivity index (χ1) is 13.6. The largest absolute Gasteiger partial charge is 0.0867 e. The molecule has 0 aliphatic carbocycles. The van der Waals surface area contributed by atoms with Crippen molar-refractivity contribution in [3.63, 3.8) is 0 Å².